The molecule has 2 amide bonds. The maximum Gasteiger partial charge on any atom is 0.319 e. The lowest BCUT2D eigenvalue weighted by Gasteiger charge is -2.43. The van der Waals surface area contributed by atoms with Gasteiger partial charge in [-0.3, -0.25) is 4.90 Å². The third kappa shape index (κ3) is 6.99. The van der Waals surface area contributed by atoms with Crippen LogP contribution in [0, 0.1) is 5.92 Å². The monoisotopic (exact) mass is 507 g/mol. The van der Waals surface area contributed by atoms with Gasteiger partial charge in [0.05, 0.1) is 18.8 Å². The van der Waals surface area contributed by atoms with E-state index in [4.69, 9.17) is 9.47 Å². The molecule has 1 aliphatic heterocycles. The molecule has 1 heterocycles. The lowest BCUT2D eigenvalue weighted by molar-refractivity contribution is -0.276. The number of rotatable bonds is 10. The maximum atomic E-state index is 11.9. The van der Waals surface area contributed by atoms with Crippen LogP contribution in [0.1, 0.15) is 68.6 Å². The first kappa shape index (κ1) is 27.3. The van der Waals surface area contributed by atoms with Gasteiger partial charge in [0.2, 0.25) is 0 Å². The molecule has 4 rings (SSSR count). The average molecular weight is 508 g/mol. The topological polar surface area (TPSA) is 83.1 Å². The third-order valence-corrected chi connectivity index (χ3v) is 7.52. The highest BCUT2D eigenvalue weighted by Gasteiger charge is 2.40. The number of aliphatic hydroxyl groups is 1. The molecule has 200 valence electrons. The third-order valence-electron chi connectivity index (χ3n) is 7.52. The molecule has 7 nitrogen and oxygen atoms in total. The molecule has 2 aromatic carbocycles. The molecule has 0 bridgehead atoms. The minimum Gasteiger partial charge on any atom is -0.392 e. The molecular formula is C30H41N3O4. The average Bonchev–Trinajstić information content (AvgIpc) is 3.45. The van der Waals surface area contributed by atoms with Crippen LogP contribution in [0.5, 0.6) is 0 Å². The van der Waals surface area contributed by atoms with Crippen molar-refractivity contribution in [1.29, 1.82) is 0 Å². The second-order valence-corrected chi connectivity index (χ2v) is 10.1. The number of amides is 2. The molecule has 1 saturated carbocycles. The summed E-state index contributed by atoms with van der Waals surface area (Å²) in [6.07, 6.45) is 6.28. The van der Waals surface area contributed by atoms with Crippen LogP contribution in [0.2, 0.25) is 0 Å². The van der Waals surface area contributed by atoms with E-state index in [1.54, 1.807) is 0 Å². The Hall–Kier alpha value is -2.71. The minimum atomic E-state index is -0.531. The van der Waals surface area contributed by atoms with Crippen LogP contribution in [-0.4, -0.2) is 47.8 Å². The van der Waals surface area contributed by atoms with E-state index in [-0.39, 0.29) is 30.8 Å². The zero-order valence-corrected chi connectivity index (χ0v) is 22.1. The van der Waals surface area contributed by atoms with E-state index in [0.717, 1.165) is 29.8 Å². The Morgan fingerprint density at radius 3 is 2.38 bits per heavy atom. The van der Waals surface area contributed by atoms with Crippen LogP contribution in [-0.2, 0) is 16.1 Å². The van der Waals surface area contributed by atoms with Crippen molar-refractivity contribution < 1.29 is 19.4 Å². The summed E-state index contributed by atoms with van der Waals surface area (Å²) in [4.78, 5) is 14.4. The van der Waals surface area contributed by atoms with E-state index in [2.05, 4.69) is 29.0 Å². The Balaban J connectivity index is 1.57. The Morgan fingerprint density at radius 2 is 1.76 bits per heavy atom. The highest BCUT2D eigenvalue weighted by atomic mass is 16.7. The number of carbonyl (C=O) groups is 1. The number of anilines is 1. The number of nitrogens with one attached hydrogen (secondary N) is 2. The standard InChI is InChI=1S/C30H41N3O4/c1-4-18-33(26-8-6-7-9-26)19-27-21(3)28(23-12-10-22(20-34)11-13-23)37-29(36-27)24-14-16-25(17-15-24)32-30(35)31-5-2/h4,10-17,21,26-29,34H,1,5-9,18-20H2,2-3H3,(H2,31,32,35). The van der Waals surface area contributed by atoms with E-state index in [0.29, 0.717) is 18.3 Å². The van der Waals surface area contributed by atoms with Crippen LogP contribution in [0.25, 0.3) is 0 Å². The van der Waals surface area contributed by atoms with Crippen molar-refractivity contribution in [2.24, 2.45) is 5.92 Å². The lowest BCUT2D eigenvalue weighted by atomic mass is 9.89. The van der Waals surface area contributed by atoms with Gasteiger partial charge in [-0.1, -0.05) is 62.2 Å². The van der Waals surface area contributed by atoms with Gasteiger partial charge in [0, 0.05) is 42.8 Å². The van der Waals surface area contributed by atoms with Gasteiger partial charge in [0.25, 0.3) is 0 Å². The summed E-state index contributed by atoms with van der Waals surface area (Å²) in [6, 6.07) is 16.0. The zero-order chi connectivity index (χ0) is 26.2. The number of hydrogen-bond donors (Lipinski definition) is 3. The van der Waals surface area contributed by atoms with E-state index in [1.165, 1.54) is 25.7 Å². The van der Waals surface area contributed by atoms with Gasteiger partial charge >= 0.3 is 6.03 Å². The van der Waals surface area contributed by atoms with Crippen molar-refractivity contribution in [2.75, 3.05) is 25.0 Å². The molecule has 2 fully saturated rings. The van der Waals surface area contributed by atoms with Gasteiger partial charge in [0.15, 0.2) is 6.29 Å². The number of aliphatic hydroxyl groups excluding tert-OH is 1. The summed E-state index contributed by atoms with van der Waals surface area (Å²) in [7, 11) is 0. The van der Waals surface area contributed by atoms with Gasteiger partial charge in [0.1, 0.15) is 0 Å². The fourth-order valence-electron chi connectivity index (χ4n) is 5.43. The van der Waals surface area contributed by atoms with Crippen molar-refractivity contribution in [3.63, 3.8) is 0 Å². The molecule has 4 unspecified atom stereocenters. The fraction of sp³-hybridized carbons (Fsp3) is 0.500. The number of nitrogens with zero attached hydrogens (tertiary/aromatic N) is 1. The van der Waals surface area contributed by atoms with E-state index in [1.807, 2.05) is 61.5 Å². The summed E-state index contributed by atoms with van der Waals surface area (Å²) in [6.45, 7) is 10.3. The van der Waals surface area contributed by atoms with Gasteiger partial charge in [-0.15, -0.1) is 6.58 Å². The molecule has 0 aromatic heterocycles. The molecule has 0 spiro atoms. The van der Waals surface area contributed by atoms with Crippen molar-refractivity contribution >= 4 is 11.7 Å². The first-order valence-corrected chi connectivity index (χ1v) is 13.5. The predicted molar refractivity (Wildman–Crippen MR) is 146 cm³/mol. The molecule has 1 aliphatic carbocycles. The van der Waals surface area contributed by atoms with Crippen molar-refractivity contribution in [2.45, 2.75) is 70.7 Å². The number of urea groups is 1. The van der Waals surface area contributed by atoms with Crippen molar-refractivity contribution in [1.82, 2.24) is 10.2 Å². The first-order chi connectivity index (χ1) is 18.0. The minimum absolute atomic E-state index is 0.0181. The highest BCUT2D eigenvalue weighted by molar-refractivity contribution is 5.89. The second kappa shape index (κ2) is 13.2. The van der Waals surface area contributed by atoms with E-state index >= 15 is 0 Å². The summed E-state index contributed by atoms with van der Waals surface area (Å²) in [5.41, 5.74) is 3.58. The predicted octanol–water partition coefficient (Wildman–Crippen LogP) is 5.54. The first-order valence-electron chi connectivity index (χ1n) is 13.5. The van der Waals surface area contributed by atoms with Gasteiger partial charge in [-0.2, -0.15) is 0 Å². The van der Waals surface area contributed by atoms with Gasteiger partial charge < -0.3 is 25.2 Å². The van der Waals surface area contributed by atoms with Crippen LogP contribution in [0.3, 0.4) is 0 Å². The Morgan fingerprint density at radius 1 is 1.08 bits per heavy atom. The van der Waals surface area contributed by atoms with Gasteiger partial charge in [-0.05, 0) is 43.0 Å². The van der Waals surface area contributed by atoms with Gasteiger partial charge in [-0.25, -0.2) is 4.79 Å². The smallest absolute Gasteiger partial charge is 0.319 e. The molecule has 1 saturated heterocycles. The van der Waals surface area contributed by atoms with E-state index < -0.39 is 6.29 Å². The summed E-state index contributed by atoms with van der Waals surface area (Å²) in [5.74, 6) is 0.128. The Kier molecular flexibility index (Phi) is 9.75. The molecule has 37 heavy (non-hydrogen) atoms. The lowest BCUT2D eigenvalue weighted by Crippen LogP contribution is -2.47. The molecule has 0 radical (unpaired) electrons. The van der Waals surface area contributed by atoms with Crippen LogP contribution in [0.15, 0.2) is 61.2 Å². The summed E-state index contributed by atoms with van der Waals surface area (Å²) in [5, 5.41) is 15.1. The fourth-order valence-corrected chi connectivity index (χ4v) is 5.43. The Bertz CT molecular complexity index is 1000. The number of carbonyl (C=O) groups excluding carboxylic acids is 1. The second-order valence-electron chi connectivity index (χ2n) is 10.1. The number of benzene rings is 2. The van der Waals surface area contributed by atoms with E-state index in [9.17, 15) is 9.90 Å². The van der Waals surface area contributed by atoms with Crippen LogP contribution < -0.4 is 10.6 Å². The van der Waals surface area contributed by atoms with Crippen molar-refractivity contribution in [3.05, 3.63) is 77.9 Å². The van der Waals surface area contributed by atoms with Crippen LogP contribution >= 0.6 is 0 Å². The van der Waals surface area contributed by atoms with Crippen LogP contribution in [0.4, 0.5) is 10.5 Å². The SMILES string of the molecule is C=CCN(CC1OC(c2ccc(NC(=O)NCC)cc2)OC(c2ccc(CO)cc2)C1C)C1CCCC1. The Labute approximate surface area is 220 Å². The molecule has 4 atom stereocenters. The largest absolute Gasteiger partial charge is 0.392 e. The van der Waals surface area contributed by atoms with Crippen molar-refractivity contribution in [3.8, 4) is 0 Å². The summed E-state index contributed by atoms with van der Waals surface area (Å²) < 4.78 is 13.2. The number of hydrogen-bond acceptors (Lipinski definition) is 5. The maximum absolute atomic E-state index is 11.9. The summed E-state index contributed by atoms with van der Waals surface area (Å²) >= 11 is 0. The molecule has 2 aliphatic rings. The normalized spacial score (nSPS) is 24.2. The highest BCUT2D eigenvalue weighted by Crippen LogP contribution is 2.42. The zero-order valence-electron chi connectivity index (χ0n) is 22.1. The molecular weight excluding hydrogens is 466 g/mol. The quantitative estimate of drug-likeness (QED) is 0.368. The molecule has 7 heteroatoms. The molecule has 2 aromatic rings. The molecule has 3 N–H and O–H groups in total. The number of ether oxygens (including phenoxy) is 2.